The number of anilines is 1. The van der Waals surface area contributed by atoms with Crippen molar-refractivity contribution in [2.45, 2.75) is 56.9 Å². The molecular weight excluding hydrogens is 316 g/mol. The molecule has 1 saturated carbocycles. The standard InChI is InChI=1S/C15H24N4O3S/c1-11(2)22-15-14(16-7-8-17-15)18-12-5-9-19(10-6-12)23(20,21)13-3-4-13/h7-8,11-13H,3-6,9-10H2,1-2H3,(H,16,18). The van der Waals surface area contributed by atoms with E-state index in [2.05, 4.69) is 15.3 Å². The minimum atomic E-state index is -3.06. The molecule has 1 saturated heterocycles. The van der Waals surface area contributed by atoms with Crippen LogP contribution in [-0.2, 0) is 10.0 Å². The molecule has 7 nitrogen and oxygen atoms in total. The third kappa shape index (κ3) is 3.92. The molecule has 0 radical (unpaired) electrons. The first-order chi connectivity index (χ1) is 11.0. The van der Waals surface area contributed by atoms with Gasteiger partial charge in [0.25, 0.3) is 5.88 Å². The number of hydrogen-bond donors (Lipinski definition) is 1. The summed E-state index contributed by atoms with van der Waals surface area (Å²) in [5.74, 6) is 1.13. The van der Waals surface area contributed by atoms with Crippen molar-refractivity contribution in [1.82, 2.24) is 14.3 Å². The molecule has 0 amide bonds. The summed E-state index contributed by atoms with van der Waals surface area (Å²) in [6.07, 6.45) is 6.42. The van der Waals surface area contributed by atoms with Gasteiger partial charge >= 0.3 is 0 Å². The monoisotopic (exact) mass is 340 g/mol. The number of rotatable bonds is 6. The summed E-state index contributed by atoms with van der Waals surface area (Å²) in [4.78, 5) is 8.52. The first kappa shape index (κ1) is 16.4. The predicted octanol–water partition coefficient (Wildman–Crippen LogP) is 1.63. The third-order valence-corrected chi connectivity index (χ3v) is 6.51. The van der Waals surface area contributed by atoms with Crippen molar-refractivity contribution in [3.05, 3.63) is 12.4 Å². The highest BCUT2D eigenvalue weighted by Crippen LogP contribution is 2.32. The minimum absolute atomic E-state index is 0.0257. The van der Waals surface area contributed by atoms with Crippen LogP contribution in [-0.4, -0.2) is 53.2 Å². The van der Waals surface area contributed by atoms with Crippen LogP contribution in [0.2, 0.25) is 0 Å². The molecule has 1 aliphatic heterocycles. The molecule has 1 aliphatic carbocycles. The average Bonchev–Trinajstić information content (AvgIpc) is 3.34. The number of piperidine rings is 1. The molecule has 3 rings (SSSR count). The van der Waals surface area contributed by atoms with Crippen molar-refractivity contribution in [3.63, 3.8) is 0 Å². The van der Waals surface area contributed by atoms with Gasteiger partial charge in [-0.1, -0.05) is 0 Å². The SMILES string of the molecule is CC(C)Oc1nccnc1NC1CCN(S(=O)(=O)C2CC2)CC1. The van der Waals surface area contributed by atoms with Gasteiger partial charge in [0.15, 0.2) is 5.82 Å². The van der Waals surface area contributed by atoms with Crippen LogP contribution in [0.25, 0.3) is 0 Å². The molecule has 0 spiro atoms. The molecule has 2 heterocycles. The molecule has 2 fully saturated rings. The van der Waals surface area contributed by atoms with Crippen molar-refractivity contribution < 1.29 is 13.2 Å². The molecule has 8 heteroatoms. The highest BCUT2D eigenvalue weighted by atomic mass is 32.2. The molecule has 0 bridgehead atoms. The van der Waals surface area contributed by atoms with E-state index in [-0.39, 0.29) is 17.4 Å². The normalized spacial score (nSPS) is 20.7. The Kier molecular flexibility index (Phi) is 4.72. The van der Waals surface area contributed by atoms with Gasteiger partial charge in [-0.05, 0) is 39.5 Å². The van der Waals surface area contributed by atoms with Crippen molar-refractivity contribution in [1.29, 1.82) is 0 Å². The quantitative estimate of drug-likeness (QED) is 0.847. The molecule has 0 aromatic carbocycles. The molecule has 2 aliphatic rings. The fourth-order valence-electron chi connectivity index (χ4n) is 2.76. The number of aromatic nitrogens is 2. The summed E-state index contributed by atoms with van der Waals surface area (Å²) < 4.78 is 31.8. The lowest BCUT2D eigenvalue weighted by atomic mass is 10.1. The second kappa shape index (κ2) is 6.60. The van der Waals surface area contributed by atoms with Crippen LogP contribution in [0.4, 0.5) is 5.82 Å². The smallest absolute Gasteiger partial charge is 0.257 e. The Balaban J connectivity index is 1.59. The summed E-state index contributed by atoms with van der Waals surface area (Å²) in [6.45, 7) is 5.02. The Labute approximate surface area is 137 Å². The fourth-order valence-corrected chi connectivity index (χ4v) is 4.63. The van der Waals surface area contributed by atoms with Crippen molar-refractivity contribution in [2.75, 3.05) is 18.4 Å². The second-order valence-corrected chi connectivity index (χ2v) is 8.65. The second-order valence-electron chi connectivity index (χ2n) is 6.44. The summed E-state index contributed by atoms with van der Waals surface area (Å²) in [7, 11) is -3.06. The lowest BCUT2D eigenvalue weighted by Gasteiger charge is -2.32. The topological polar surface area (TPSA) is 84.4 Å². The van der Waals surface area contributed by atoms with Gasteiger partial charge in [0, 0.05) is 31.5 Å². The van der Waals surface area contributed by atoms with Crippen LogP contribution in [0.15, 0.2) is 12.4 Å². The highest BCUT2D eigenvalue weighted by molar-refractivity contribution is 7.90. The van der Waals surface area contributed by atoms with Crippen molar-refractivity contribution in [2.24, 2.45) is 0 Å². The Bertz CT molecular complexity index is 638. The Morgan fingerprint density at radius 1 is 1.17 bits per heavy atom. The first-order valence-electron chi connectivity index (χ1n) is 8.20. The van der Waals surface area contributed by atoms with Gasteiger partial charge in [-0.15, -0.1) is 0 Å². The summed E-state index contributed by atoms with van der Waals surface area (Å²) >= 11 is 0. The van der Waals surface area contributed by atoms with Crippen LogP contribution in [0.3, 0.4) is 0 Å². The maximum Gasteiger partial charge on any atom is 0.257 e. The Morgan fingerprint density at radius 2 is 1.83 bits per heavy atom. The zero-order valence-corrected chi connectivity index (χ0v) is 14.4. The summed E-state index contributed by atoms with van der Waals surface area (Å²) in [5.41, 5.74) is 0. The van der Waals surface area contributed by atoms with E-state index in [1.807, 2.05) is 13.8 Å². The van der Waals surface area contributed by atoms with Gasteiger partial charge < -0.3 is 10.1 Å². The van der Waals surface area contributed by atoms with Crippen LogP contribution < -0.4 is 10.1 Å². The van der Waals surface area contributed by atoms with Crippen LogP contribution >= 0.6 is 0 Å². The lowest BCUT2D eigenvalue weighted by molar-refractivity contribution is 0.232. The Hall–Kier alpha value is -1.41. The van der Waals surface area contributed by atoms with E-state index in [1.165, 1.54) is 0 Å². The molecule has 128 valence electrons. The van der Waals surface area contributed by atoms with Gasteiger partial charge in [-0.2, -0.15) is 0 Å². The third-order valence-electron chi connectivity index (χ3n) is 4.11. The van der Waals surface area contributed by atoms with E-state index >= 15 is 0 Å². The zero-order valence-electron chi connectivity index (χ0n) is 13.6. The number of sulfonamides is 1. The molecule has 0 unspecified atom stereocenters. The van der Waals surface area contributed by atoms with E-state index in [4.69, 9.17) is 4.74 Å². The van der Waals surface area contributed by atoms with Gasteiger partial charge in [0.05, 0.1) is 11.4 Å². The van der Waals surface area contributed by atoms with E-state index < -0.39 is 10.0 Å². The number of ether oxygens (including phenoxy) is 1. The minimum Gasteiger partial charge on any atom is -0.472 e. The van der Waals surface area contributed by atoms with E-state index in [1.54, 1.807) is 16.7 Å². The lowest BCUT2D eigenvalue weighted by Crippen LogP contribution is -2.43. The molecule has 1 N–H and O–H groups in total. The van der Waals surface area contributed by atoms with Crippen LogP contribution in [0.5, 0.6) is 5.88 Å². The average molecular weight is 340 g/mol. The molecule has 23 heavy (non-hydrogen) atoms. The van der Waals surface area contributed by atoms with Crippen LogP contribution in [0.1, 0.15) is 39.5 Å². The number of nitrogens with one attached hydrogen (secondary N) is 1. The largest absolute Gasteiger partial charge is 0.472 e. The van der Waals surface area contributed by atoms with Gasteiger partial charge in [0.2, 0.25) is 10.0 Å². The zero-order chi connectivity index (χ0) is 16.4. The van der Waals surface area contributed by atoms with E-state index in [0.717, 1.165) is 25.7 Å². The first-order valence-corrected chi connectivity index (χ1v) is 9.70. The fraction of sp³-hybridized carbons (Fsp3) is 0.733. The van der Waals surface area contributed by atoms with Gasteiger partial charge in [-0.3, -0.25) is 0 Å². The van der Waals surface area contributed by atoms with Gasteiger partial charge in [0.1, 0.15) is 0 Å². The maximum atomic E-state index is 12.3. The molecule has 1 aromatic rings. The van der Waals surface area contributed by atoms with Gasteiger partial charge in [-0.25, -0.2) is 22.7 Å². The summed E-state index contributed by atoms with van der Waals surface area (Å²) in [6, 6.07) is 0.187. The summed E-state index contributed by atoms with van der Waals surface area (Å²) in [5, 5.41) is 3.22. The van der Waals surface area contributed by atoms with Crippen molar-refractivity contribution in [3.8, 4) is 5.88 Å². The number of hydrogen-bond acceptors (Lipinski definition) is 6. The Morgan fingerprint density at radius 3 is 2.43 bits per heavy atom. The molecule has 1 aromatic heterocycles. The molecule has 0 atom stereocenters. The highest BCUT2D eigenvalue weighted by Gasteiger charge is 2.41. The maximum absolute atomic E-state index is 12.3. The van der Waals surface area contributed by atoms with Crippen LogP contribution in [0, 0.1) is 0 Å². The van der Waals surface area contributed by atoms with E-state index in [0.29, 0.717) is 24.8 Å². The predicted molar refractivity (Wildman–Crippen MR) is 88.0 cm³/mol. The molecular formula is C15H24N4O3S. The van der Waals surface area contributed by atoms with Crippen molar-refractivity contribution >= 4 is 15.8 Å². The van der Waals surface area contributed by atoms with E-state index in [9.17, 15) is 8.42 Å². The number of nitrogens with zero attached hydrogens (tertiary/aromatic N) is 3.